The smallest absolute Gasteiger partial charge is 0.234 e. The number of benzene rings is 1. The van der Waals surface area contributed by atoms with Crippen molar-refractivity contribution in [3.8, 4) is 0 Å². The molecule has 1 rings (SSSR count). The second kappa shape index (κ2) is 8.72. The Labute approximate surface area is 122 Å². The first-order chi connectivity index (χ1) is 9.55. The number of nitrogens with zero attached hydrogens (tertiary/aromatic N) is 1. The highest BCUT2D eigenvalue weighted by molar-refractivity contribution is 5.78. The van der Waals surface area contributed by atoms with Crippen LogP contribution in [0.1, 0.15) is 37.8 Å². The van der Waals surface area contributed by atoms with Gasteiger partial charge in [0.2, 0.25) is 5.91 Å². The molecule has 3 N–H and O–H groups in total. The Kier molecular flexibility index (Phi) is 7.26. The SMILES string of the molecule is CCCC(C)NC(=O)CN(C)Cc1cccc(CN)c1. The molecule has 1 aromatic carbocycles. The maximum absolute atomic E-state index is 11.9. The molecule has 1 amide bonds. The number of hydrogen-bond acceptors (Lipinski definition) is 3. The number of nitrogens with one attached hydrogen (secondary N) is 1. The van der Waals surface area contributed by atoms with Gasteiger partial charge in [-0.1, -0.05) is 37.6 Å². The molecule has 4 heteroatoms. The Balaban J connectivity index is 2.42. The van der Waals surface area contributed by atoms with E-state index in [1.807, 2.05) is 31.0 Å². The lowest BCUT2D eigenvalue weighted by Crippen LogP contribution is -2.39. The van der Waals surface area contributed by atoms with Crippen LogP contribution in [0.5, 0.6) is 0 Å². The van der Waals surface area contributed by atoms with E-state index >= 15 is 0 Å². The van der Waals surface area contributed by atoms with Crippen molar-refractivity contribution in [2.75, 3.05) is 13.6 Å². The van der Waals surface area contributed by atoms with Crippen molar-refractivity contribution >= 4 is 5.91 Å². The third kappa shape index (κ3) is 6.17. The number of likely N-dealkylation sites (N-methyl/N-ethyl adjacent to an activating group) is 1. The van der Waals surface area contributed by atoms with Crippen molar-refractivity contribution in [2.45, 2.75) is 45.8 Å². The highest BCUT2D eigenvalue weighted by atomic mass is 16.2. The summed E-state index contributed by atoms with van der Waals surface area (Å²) in [7, 11) is 1.96. The van der Waals surface area contributed by atoms with Gasteiger partial charge in [-0.05, 0) is 31.5 Å². The van der Waals surface area contributed by atoms with E-state index in [9.17, 15) is 4.79 Å². The van der Waals surface area contributed by atoms with Crippen molar-refractivity contribution in [3.05, 3.63) is 35.4 Å². The zero-order valence-electron chi connectivity index (χ0n) is 12.9. The van der Waals surface area contributed by atoms with E-state index < -0.39 is 0 Å². The van der Waals surface area contributed by atoms with E-state index in [1.165, 1.54) is 5.56 Å². The number of rotatable bonds is 8. The number of nitrogens with two attached hydrogens (primary N) is 1. The van der Waals surface area contributed by atoms with E-state index in [0.717, 1.165) is 24.9 Å². The minimum Gasteiger partial charge on any atom is -0.353 e. The summed E-state index contributed by atoms with van der Waals surface area (Å²) in [6.45, 7) is 5.89. The minimum absolute atomic E-state index is 0.0865. The van der Waals surface area contributed by atoms with Crippen molar-refractivity contribution in [2.24, 2.45) is 5.73 Å². The van der Waals surface area contributed by atoms with Crippen LogP contribution >= 0.6 is 0 Å². The van der Waals surface area contributed by atoms with Gasteiger partial charge in [-0.2, -0.15) is 0 Å². The molecule has 0 saturated heterocycles. The molecule has 1 atom stereocenters. The van der Waals surface area contributed by atoms with Crippen LogP contribution in [-0.4, -0.2) is 30.4 Å². The molecule has 20 heavy (non-hydrogen) atoms. The van der Waals surface area contributed by atoms with Gasteiger partial charge in [-0.25, -0.2) is 0 Å². The molecule has 0 aliphatic heterocycles. The summed E-state index contributed by atoms with van der Waals surface area (Å²) < 4.78 is 0. The third-order valence-electron chi connectivity index (χ3n) is 3.22. The van der Waals surface area contributed by atoms with Crippen LogP contribution in [0, 0.1) is 0 Å². The second-order valence-corrected chi connectivity index (χ2v) is 5.45. The van der Waals surface area contributed by atoms with Gasteiger partial charge in [0.1, 0.15) is 0 Å². The van der Waals surface area contributed by atoms with Crippen molar-refractivity contribution < 1.29 is 4.79 Å². The Hall–Kier alpha value is -1.39. The highest BCUT2D eigenvalue weighted by Crippen LogP contribution is 2.07. The predicted molar refractivity (Wildman–Crippen MR) is 83.2 cm³/mol. The molecular weight excluding hydrogens is 250 g/mol. The van der Waals surface area contributed by atoms with Gasteiger partial charge in [-0.3, -0.25) is 9.69 Å². The number of carbonyl (C=O) groups excluding carboxylic acids is 1. The number of carbonyl (C=O) groups is 1. The van der Waals surface area contributed by atoms with Crippen LogP contribution < -0.4 is 11.1 Å². The molecule has 0 bridgehead atoms. The van der Waals surface area contributed by atoms with Gasteiger partial charge in [0.05, 0.1) is 6.54 Å². The number of hydrogen-bond donors (Lipinski definition) is 2. The summed E-state index contributed by atoms with van der Waals surface area (Å²) in [6, 6.07) is 8.43. The van der Waals surface area contributed by atoms with E-state index in [2.05, 4.69) is 24.4 Å². The summed E-state index contributed by atoms with van der Waals surface area (Å²) in [6.07, 6.45) is 2.11. The van der Waals surface area contributed by atoms with Crippen LogP contribution in [-0.2, 0) is 17.9 Å². The second-order valence-electron chi connectivity index (χ2n) is 5.45. The van der Waals surface area contributed by atoms with Gasteiger partial charge in [0.25, 0.3) is 0 Å². The average Bonchev–Trinajstić information content (AvgIpc) is 2.38. The molecule has 0 fully saturated rings. The molecule has 4 nitrogen and oxygen atoms in total. The fourth-order valence-corrected chi connectivity index (χ4v) is 2.29. The van der Waals surface area contributed by atoms with Crippen molar-refractivity contribution in [1.29, 1.82) is 0 Å². The Bertz CT molecular complexity index is 420. The summed E-state index contributed by atoms with van der Waals surface area (Å²) >= 11 is 0. The van der Waals surface area contributed by atoms with Gasteiger partial charge in [0.15, 0.2) is 0 Å². The average molecular weight is 277 g/mol. The molecule has 1 unspecified atom stereocenters. The zero-order valence-corrected chi connectivity index (χ0v) is 12.9. The van der Waals surface area contributed by atoms with Crippen LogP contribution in [0.15, 0.2) is 24.3 Å². The molecule has 0 saturated carbocycles. The molecular formula is C16H27N3O. The van der Waals surface area contributed by atoms with Gasteiger partial charge in [0, 0.05) is 19.1 Å². The monoisotopic (exact) mass is 277 g/mol. The lowest BCUT2D eigenvalue weighted by molar-refractivity contribution is -0.122. The van der Waals surface area contributed by atoms with Gasteiger partial charge in [-0.15, -0.1) is 0 Å². The number of amides is 1. The van der Waals surface area contributed by atoms with Gasteiger partial charge < -0.3 is 11.1 Å². The molecule has 0 radical (unpaired) electrons. The first kappa shape index (κ1) is 16.7. The molecule has 0 aromatic heterocycles. The first-order valence-corrected chi connectivity index (χ1v) is 7.31. The van der Waals surface area contributed by atoms with Crippen molar-refractivity contribution in [3.63, 3.8) is 0 Å². The molecule has 0 heterocycles. The van der Waals surface area contributed by atoms with Crippen molar-refractivity contribution in [1.82, 2.24) is 10.2 Å². The van der Waals surface area contributed by atoms with Gasteiger partial charge >= 0.3 is 0 Å². The van der Waals surface area contributed by atoms with E-state index in [1.54, 1.807) is 0 Å². The zero-order chi connectivity index (χ0) is 15.0. The fraction of sp³-hybridized carbons (Fsp3) is 0.562. The fourth-order valence-electron chi connectivity index (χ4n) is 2.29. The minimum atomic E-state index is 0.0865. The van der Waals surface area contributed by atoms with E-state index in [4.69, 9.17) is 5.73 Å². The summed E-state index contributed by atoms with van der Waals surface area (Å²) in [5, 5.41) is 3.02. The standard InChI is InChI=1S/C16H27N3O/c1-4-6-13(2)18-16(20)12-19(3)11-15-8-5-7-14(9-15)10-17/h5,7-9,13H,4,6,10-12,17H2,1-3H3,(H,18,20). The lowest BCUT2D eigenvalue weighted by atomic mass is 10.1. The summed E-state index contributed by atoms with van der Waals surface area (Å²) in [4.78, 5) is 13.9. The van der Waals surface area contributed by atoms with Crippen LogP contribution in [0.2, 0.25) is 0 Å². The summed E-state index contributed by atoms with van der Waals surface area (Å²) in [5.41, 5.74) is 7.94. The van der Waals surface area contributed by atoms with E-state index in [0.29, 0.717) is 13.1 Å². The molecule has 0 aliphatic rings. The third-order valence-corrected chi connectivity index (χ3v) is 3.22. The van der Waals surface area contributed by atoms with E-state index in [-0.39, 0.29) is 11.9 Å². The topological polar surface area (TPSA) is 58.4 Å². The predicted octanol–water partition coefficient (Wildman–Crippen LogP) is 1.88. The largest absolute Gasteiger partial charge is 0.353 e. The lowest BCUT2D eigenvalue weighted by Gasteiger charge is -2.19. The quantitative estimate of drug-likeness (QED) is 0.763. The summed E-state index contributed by atoms with van der Waals surface area (Å²) in [5.74, 6) is 0.0865. The Morgan fingerprint density at radius 2 is 2.10 bits per heavy atom. The normalized spacial score (nSPS) is 12.4. The molecule has 0 spiro atoms. The van der Waals surface area contributed by atoms with Crippen LogP contribution in [0.4, 0.5) is 0 Å². The maximum atomic E-state index is 11.9. The first-order valence-electron chi connectivity index (χ1n) is 7.31. The molecule has 0 aliphatic carbocycles. The highest BCUT2D eigenvalue weighted by Gasteiger charge is 2.10. The molecule has 1 aromatic rings. The van der Waals surface area contributed by atoms with Crippen LogP contribution in [0.3, 0.4) is 0 Å². The maximum Gasteiger partial charge on any atom is 0.234 e. The Morgan fingerprint density at radius 1 is 1.40 bits per heavy atom. The Morgan fingerprint density at radius 3 is 2.75 bits per heavy atom. The van der Waals surface area contributed by atoms with Crippen LogP contribution in [0.25, 0.3) is 0 Å². The molecule has 112 valence electrons.